The van der Waals surface area contributed by atoms with Gasteiger partial charge in [0.05, 0.1) is 0 Å². The van der Waals surface area contributed by atoms with Crippen LogP contribution in [0, 0.1) is 0 Å². The summed E-state index contributed by atoms with van der Waals surface area (Å²) in [6.07, 6.45) is 8.27. The highest BCUT2D eigenvalue weighted by molar-refractivity contribution is 5.72. The van der Waals surface area contributed by atoms with E-state index in [4.69, 9.17) is 0 Å². The fourth-order valence-corrected chi connectivity index (χ4v) is 0.667. The van der Waals surface area contributed by atoms with E-state index in [0.717, 1.165) is 0 Å². The lowest BCUT2D eigenvalue weighted by atomic mass is 10.7. The smallest absolute Gasteiger partial charge is 0.233 e. The first-order valence-electron chi connectivity index (χ1n) is 3.19. The third kappa shape index (κ3) is 1.64. The summed E-state index contributed by atoms with van der Waals surface area (Å²) in [7, 11) is 0. The molecule has 11 heavy (non-hydrogen) atoms. The number of hydrogen-bond acceptors (Lipinski definition) is 2. The highest BCUT2D eigenvalue weighted by atomic mass is 15.1. The molecular weight excluding hydrogens is 138 g/mol. The van der Waals surface area contributed by atoms with E-state index in [0.29, 0.717) is 5.95 Å². The van der Waals surface area contributed by atoms with Crippen LogP contribution in [-0.2, 0) is 0 Å². The average molecular weight is 147 g/mol. The highest BCUT2D eigenvalue weighted by Crippen LogP contribution is 2.06. The molecule has 3 nitrogen and oxygen atoms in total. The number of rotatable bonds is 3. The number of nitrogens with zero attached hydrogens (tertiary/aromatic N) is 3. The minimum Gasteiger partial charge on any atom is -0.292 e. The molecule has 0 bridgehead atoms. The molecule has 0 amide bonds. The minimum atomic E-state index is 0.611. The second-order valence-electron chi connectivity index (χ2n) is 1.83. The predicted octanol–water partition coefficient (Wildman–Crippen LogP) is 1.87. The molecule has 0 atom stereocenters. The molecule has 0 saturated heterocycles. The van der Waals surface area contributed by atoms with Crippen molar-refractivity contribution >= 4 is 18.4 Å². The van der Waals surface area contributed by atoms with Crippen molar-refractivity contribution in [2.75, 3.05) is 0 Å². The Labute approximate surface area is 65.4 Å². The van der Waals surface area contributed by atoms with E-state index in [1.165, 1.54) is 0 Å². The molecule has 0 aliphatic rings. The maximum atomic E-state index is 3.99. The lowest BCUT2D eigenvalue weighted by Gasteiger charge is -1.91. The van der Waals surface area contributed by atoms with Gasteiger partial charge in [-0.15, -0.1) is 0 Å². The third-order valence-electron chi connectivity index (χ3n) is 1.14. The van der Waals surface area contributed by atoms with Gasteiger partial charge in [0.25, 0.3) is 0 Å². The molecule has 0 unspecified atom stereocenters. The fraction of sp³-hybridized carbons (Fsp3) is 0. The summed E-state index contributed by atoms with van der Waals surface area (Å²) >= 11 is 0. The normalized spacial score (nSPS) is 10.2. The van der Waals surface area contributed by atoms with Crippen LogP contribution < -0.4 is 0 Å². The van der Waals surface area contributed by atoms with E-state index in [-0.39, 0.29) is 0 Å². The zero-order valence-electron chi connectivity index (χ0n) is 6.14. The van der Waals surface area contributed by atoms with Gasteiger partial charge in [0.1, 0.15) is 0 Å². The van der Waals surface area contributed by atoms with Crippen LogP contribution in [0.5, 0.6) is 0 Å². The molecule has 0 aliphatic heterocycles. The zero-order chi connectivity index (χ0) is 8.10. The van der Waals surface area contributed by atoms with E-state index in [1.807, 2.05) is 0 Å². The van der Waals surface area contributed by atoms with Crippen molar-refractivity contribution in [3.8, 4) is 0 Å². The molecule has 1 heterocycles. The van der Waals surface area contributed by atoms with E-state index in [2.05, 4.69) is 23.1 Å². The summed E-state index contributed by atoms with van der Waals surface area (Å²) in [6.45, 7) is 7.10. The second kappa shape index (κ2) is 3.51. The third-order valence-corrected chi connectivity index (χ3v) is 1.14. The molecule has 1 aromatic heterocycles. The Morgan fingerprint density at radius 3 is 3.00 bits per heavy atom. The van der Waals surface area contributed by atoms with Gasteiger partial charge in [-0.3, -0.25) is 4.57 Å². The Kier molecular flexibility index (Phi) is 2.38. The Hall–Kier alpha value is -1.64. The van der Waals surface area contributed by atoms with Crippen LogP contribution >= 0.6 is 0 Å². The molecular formula is C8H9N3. The maximum Gasteiger partial charge on any atom is 0.233 e. The van der Waals surface area contributed by atoms with Crippen molar-refractivity contribution in [1.82, 2.24) is 9.55 Å². The van der Waals surface area contributed by atoms with Crippen molar-refractivity contribution in [2.24, 2.45) is 4.99 Å². The molecule has 0 aromatic carbocycles. The molecule has 0 fully saturated rings. The van der Waals surface area contributed by atoms with Crippen LogP contribution in [0.15, 0.2) is 36.6 Å². The Morgan fingerprint density at radius 1 is 1.55 bits per heavy atom. The van der Waals surface area contributed by atoms with Crippen LogP contribution in [0.25, 0.3) is 6.20 Å². The van der Waals surface area contributed by atoms with Crippen molar-refractivity contribution in [2.45, 2.75) is 0 Å². The van der Waals surface area contributed by atoms with Gasteiger partial charge in [-0.2, -0.15) is 0 Å². The SMILES string of the molecule is C=C/C=N\c1nccn1C=C. The topological polar surface area (TPSA) is 30.2 Å². The number of aromatic nitrogens is 2. The van der Waals surface area contributed by atoms with Crippen molar-refractivity contribution in [1.29, 1.82) is 0 Å². The van der Waals surface area contributed by atoms with Crippen molar-refractivity contribution < 1.29 is 0 Å². The number of hydrogen-bond donors (Lipinski definition) is 0. The molecule has 1 rings (SSSR count). The van der Waals surface area contributed by atoms with E-state index >= 15 is 0 Å². The number of imidazole rings is 1. The van der Waals surface area contributed by atoms with Crippen LogP contribution in [0.2, 0.25) is 0 Å². The molecule has 56 valence electrons. The Bertz CT molecular complexity index is 283. The lowest BCUT2D eigenvalue weighted by Crippen LogP contribution is -1.80. The molecule has 0 radical (unpaired) electrons. The van der Waals surface area contributed by atoms with Crippen LogP contribution in [-0.4, -0.2) is 15.8 Å². The molecule has 3 heteroatoms. The quantitative estimate of drug-likeness (QED) is 0.600. The highest BCUT2D eigenvalue weighted by Gasteiger charge is 1.92. The Balaban J connectivity index is 2.92. The zero-order valence-corrected chi connectivity index (χ0v) is 6.14. The second-order valence-corrected chi connectivity index (χ2v) is 1.83. The van der Waals surface area contributed by atoms with E-state index in [1.54, 1.807) is 35.5 Å². The summed E-state index contributed by atoms with van der Waals surface area (Å²) < 4.78 is 1.72. The van der Waals surface area contributed by atoms with Crippen molar-refractivity contribution in [3.05, 3.63) is 31.6 Å². The van der Waals surface area contributed by atoms with Gasteiger partial charge in [-0.05, 0) is 0 Å². The average Bonchev–Trinajstić information content (AvgIpc) is 2.47. The number of aliphatic imine (C=N–C) groups is 1. The summed E-state index contributed by atoms with van der Waals surface area (Å²) in [4.78, 5) is 7.96. The number of allylic oxidation sites excluding steroid dienone is 1. The summed E-state index contributed by atoms with van der Waals surface area (Å²) in [5, 5.41) is 0. The lowest BCUT2D eigenvalue weighted by molar-refractivity contribution is 1.12. The molecule has 1 aromatic rings. The van der Waals surface area contributed by atoms with Gasteiger partial charge >= 0.3 is 0 Å². The van der Waals surface area contributed by atoms with Gasteiger partial charge in [0.15, 0.2) is 0 Å². The van der Waals surface area contributed by atoms with Crippen LogP contribution in [0.3, 0.4) is 0 Å². The standard InChI is InChI=1S/C8H9N3/c1-3-5-9-8-10-6-7-11(8)4-2/h3-7H,1-2H2/b9-5-. The van der Waals surface area contributed by atoms with Gasteiger partial charge in [-0.1, -0.05) is 19.2 Å². The molecule has 0 aliphatic carbocycles. The van der Waals surface area contributed by atoms with Gasteiger partial charge in [0, 0.05) is 24.8 Å². The largest absolute Gasteiger partial charge is 0.292 e. The van der Waals surface area contributed by atoms with E-state index in [9.17, 15) is 0 Å². The first-order chi connectivity index (χ1) is 5.38. The van der Waals surface area contributed by atoms with Gasteiger partial charge in [-0.25, -0.2) is 9.98 Å². The fourth-order valence-electron chi connectivity index (χ4n) is 0.667. The molecule has 0 spiro atoms. The minimum absolute atomic E-state index is 0.611. The maximum absolute atomic E-state index is 3.99. The summed E-state index contributed by atoms with van der Waals surface area (Å²) in [5.74, 6) is 0.611. The summed E-state index contributed by atoms with van der Waals surface area (Å²) in [5.41, 5.74) is 0. The monoisotopic (exact) mass is 147 g/mol. The molecule has 0 saturated carbocycles. The Morgan fingerprint density at radius 2 is 2.36 bits per heavy atom. The van der Waals surface area contributed by atoms with Gasteiger partial charge in [0.2, 0.25) is 5.95 Å². The van der Waals surface area contributed by atoms with E-state index < -0.39 is 0 Å². The van der Waals surface area contributed by atoms with Gasteiger partial charge < -0.3 is 0 Å². The first kappa shape index (κ1) is 7.47. The van der Waals surface area contributed by atoms with Crippen molar-refractivity contribution in [3.63, 3.8) is 0 Å². The van der Waals surface area contributed by atoms with Crippen LogP contribution in [0.4, 0.5) is 5.95 Å². The predicted molar refractivity (Wildman–Crippen MR) is 47.0 cm³/mol. The first-order valence-corrected chi connectivity index (χ1v) is 3.19. The van der Waals surface area contributed by atoms with Crippen LogP contribution in [0.1, 0.15) is 0 Å². The summed E-state index contributed by atoms with van der Waals surface area (Å²) in [6, 6.07) is 0. The molecule has 0 N–H and O–H groups in total.